The molecule has 196 valence electrons. The van der Waals surface area contributed by atoms with Gasteiger partial charge in [-0.2, -0.15) is 10.2 Å². The maximum absolute atomic E-state index is 13.7. The Kier molecular flexibility index (Phi) is 6.43. The van der Waals surface area contributed by atoms with E-state index in [-0.39, 0.29) is 18.5 Å². The molecule has 3 aliphatic heterocycles. The molecule has 0 unspecified atom stereocenters. The molecule has 3 amide bonds. The molecule has 0 radical (unpaired) electrons. The molecule has 0 aliphatic carbocycles. The summed E-state index contributed by atoms with van der Waals surface area (Å²) in [5.41, 5.74) is 3.03. The molecule has 1 fully saturated rings. The van der Waals surface area contributed by atoms with Gasteiger partial charge in [0.2, 0.25) is 0 Å². The van der Waals surface area contributed by atoms with Crippen LogP contribution in [0.4, 0.5) is 5.69 Å². The molecule has 0 aromatic heterocycles. The maximum atomic E-state index is 13.7. The molecular formula is C28H23BrN6O4. The highest BCUT2D eigenvalue weighted by atomic mass is 79.9. The van der Waals surface area contributed by atoms with E-state index in [4.69, 9.17) is 9.84 Å². The van der Waals surface area contributed by atoms with Crippen LogP contribution >= 0.6 is 15.9 Å². The largest absolute Gasteiger partial charge is 0.497 e. The van der Waals surface area contributed by atoms with E-state index in [9.17, 15) is 14.4 Å². The predicted molar refractivity (Wildman–Crippen MR) is 146 cm³/mol. The fraction of sp³-hybridized carbons (Fsp3) is 0.214. The molecule has 10 nitrogen and oxygen atoms in total. The van der Waals surface area contributed by atoms with Crippen molar-refractivity contribution in [1.29, 1.82) is 0 Å². The number of benzene rings is 3. The molecule has 3 aliphatic rings. The number of methoxy groups -OCH3 is 1. The lowest BCUT2D eigenvalue weighted by Gasteiger charge is -2.25. The van der Waals surface area contributed by atoms with Gasteiger partial charge in [-0.3, -0.25) is 19.4 Å². The molecule has 0 saturated carbocycles. The number of nitrogens with zero attached hydrogens (tertiary/aromatic N) is 6. The lowest BCUT2D eigenvalue weighted by Crippen LogP contribution is -2.44. The van der Waals surface area contributed by atoms with Crippen molar-refractivity contribution in [2.24, 2.45) is 15.4 Å². The summed E-state index contributed by atoms with van der Waals surface area (Å²) in [6.45, 7) is -0.256. The molecule has 1 saturated heterocycles. The van der Waals surface area contributed by atoms with Crippen molar-refractivity contribution in [3.8, 4) is 5.75 Å². The number of hydrogen-bond donors (Lipinski definition) is 0. The van der Waals surface area contributed by atoms with E-state index in [1.165, 1.54) is 10.0 Å². The second-order valence-electron chi connectivity index (χ2n) is 9.33. The van der Waals surface area contributed by atoms with Crippen LogP contribution in [0.15, 0.2) is 98.8 Å². The number of anilines is 1. The van der Waals surface area contributed by atoms with Crippen LogP contribution in [-0.2, 0) is 14.4 Å². The zero-order valence-corrected chi connectivity index (χ0v) is 22.4. The number of carbonyl (C=O) groups is 3. The third kappa shape index (κ3) is 4.48. The van der Waals surface area contributed by atoms with Crippen LogP contribution in [0.25, 0.3) is 0 Å². The molecule has 0 N–H and O–H groups in total. The fourth-order valence-electron chi connectivity index (χ4n) is 5.07. The average molecular weight is 587 g/mol. The first-order valence-corrected chi connectivity index (χ1v) is 13.1. The normalized spacial score (nSPS) is 21.9. The topological polar surface area (TPSA) is 107 Å². The van der Waals surface area contributed by atoms with Gasteiger partial charge in [-0.25, -0.2) is 9.91 Å². The van der Waals surface area contributed by atoms with E-state index >= 15 is 0 Å². The lowest BCUT2D eigenvalue weighted by molar-refractivity contribution is -0.135. The number of hydrazone groups is 1. The van der Waals surface area contributed by atoms with Gasteiger partial charge in [0.15, 0.2) is 12.1 Å². The summed E-state index contributed by atoms with van der Waals surface area (Å²) in [6, 6.07) is 21.8. The van der Waals surface area contributed by atoms with Crippen molar-refractivity contribution >= 4 is 45.1 Å². The molecule has 3 heterocycles. The number of carbonyl (C=O) groups excluding carboxylic acids is 3. The molecule has 3 atom stereocenters. The molecule has 39 heavy (non-hydrogen) atoms. The number of imide groups is 1. The monoisotopic (exact) mass is 586 g/mol. The van der Waals surface area contributed by atoms with Gasteiger partial charge in [0, 0.05) is 10.9 Å². The van der Waals surface area contributed by atoms with Gasteiger partial charge >= 0.3 is 0 Å². The van der Waals surface area contributed by atoms with Gasteiger partial charge in [0.1, 0.15) is 12.3 Å². The third-order valence-corrected chi connectivity index (χ3v) is 7.49. The number of hydrogen-bond acceptors (Lipinski definition) is 8. The number of halogens is 1. The van der Waals surface area contributed by atoms with Crippen molar-refractivity contribution in [3.05, 3.63) is 94.5 Å². The Morgan fingerprint density at radius 1 is 1.00 bits per heavy atom. The minimum Gasteiger partial charge on any atom is -0.497 e. The van der Waals surface area contributed by atoms with Crippen LogP contribution in [0.3, 0.4) is 0 Å². The number of rotatable bonds is 6. The molecular weight excluding hydrogens is 564 g/mol. The summed E-state index contributed by atoms with van der Waals surface area (Å²) in [7, 11) is 1.60. The molecule has 0 bridgehead atoms. The van der Waals surface area contributed by atoms with Gasteiger partial charge < -0.3 is 4.74 Å². The highest BCUT2D eigenvalue weighted by molar-refractivity contribution is 9.10. The minimum atomic E-state index is -0.997. The van der Waals surface area contributed by atoms with Crippen molar-refractivity contribution < 1.29 is 19.1 Å². The van der Waals surface area contributed by atoms with E-state index in [1.807, 2.05) is 54.6 Å². The van der Waals surface area contributed by atoms with Crippen LogP contribution in [0, 0.1) is 0 Å². The smallest absolute Gasteiger partial charge is 0.264 e. The summed E-state index contributed by atoms with van der Waals surface area (Å²) in [6.07, 6.45) is 0.518. The zero-order chi connectivity index (χ0) is 27.1. The first-order chi connectivity index (χ1) is 18.9. The van der Waals surface area contributed by atoms with Crippen LogP contribution in [0.2, 0.25) is 0 Å². The summed E-state index contributed by atoms with van der Waals surface area (Å²) in [5.74, 6) is -0.588. The van der Waals surface area contributed by atoms with Gasteiger partial charge in [-0.1, -0.05) is 69.7 Å². The molecule has 3 aromatic carbocycles. The highest BCUT2D eigenvalue weighted by Gasteiger charge is 2.55. The van der Waals surface area contributed by atoms with E-state index < -0.39 is 23.9 Å². The van der Waals surface area contributed by atoms with Gasteiger partial charge in [-0.15, -0.1) is 0 Å². The van der Waals surface area contributed by atoms with E-state index in [2.05, 4.69) is 26.3 Å². The third-order valence-electron chi connectivity index (χ3n) is 7.00. The van der Waals surface area contributed by atoms with Crippen molar-refractivity contribution in [1.82, 2.24) is 10.0 Å². The number of ether oxygens (including phenoxy) is 1. The van der Waals surface area contributed by atoms with Crippen molar-refractivity contribution in [3.63, 3.8) is 0 Å². The summed E-state index contributed by atoms with van der Waals surface area (Å²) < 4.78 is 6.02. The summed E-state index contributed by atoms with van der Waals surface area (Å²) >= 11 is 3.38. The lowest BCUT2D eigenvalue weighted by atomic mass is 9.98. The van der Waals surface area contributed by atoms with Crippen LogP contribution in [0.5, 0.6) is 5.75 Å². The number of amides is 3. The predicted octanol–water partition coefficient (Wildman–Crippen LogP) is 4.13. The van der Waals surface area contributed by atoms with E-state index in [0.717, 1.165) is 26.2 Å². The first kappa shape index (κ1) is 24.9. The SMILES string of the molecule is COc1ccc([C@@H]2CC(c3ccccc3)=NN2C(=O)CN2N=N[C@H]3C(=O)N(c4cccc(Br)c4)C(=O)[C@H]32)cc1. The van der Waals surface area contributed by atoms with Crippen LogP contribution in [0.1, 0.15) is 23.6 Å². The van der Waals surface area contributed by atoms with Gasteiger partial charge in [-0.05, 0) is 41.5 Å². The van der Waals surface area contributed by atoms with E-state index in [0.29, 0.717) is 17.9 Å². The Bertz CT molecular complexity index is 1510. The Balaban J connectivity index is 1.26. The highest BCUT2D eigenvalue weighted by Crippen LogP contribution is 2.36. The maximum Gasteiger partial charge on any atom is 0.264 e. The fourth-order valence-corrected chi connectivity index (χ4v) is 5.45. The molecule has 0 spiro atoms. The zero-order valence-electron chi connectivity index (χ0n) is 20.8. The quantitative estimate of drug-likeness (QED) is 0.404. The Hall–Kier alpha value is -4.38. The standard InChI is InChI=1S/C28H23BrN6O4/c1-39-21-12-10-18(11-13-21)23-15-22(17-6-3-2-4-7-17)31-35(23)24(36)16-33-26-25(30-32-33)27(37)34(28(26)38)20-9-5-8-19(29)14-20/h2-14,23,25-26H,15-16H2,1H3/t23-,25+,26-/m0/s1. The van der Waals surface area contributed by atoms with Gasteiger partial charge in [0.05, 0.1) is 24.6 Å². The Labute approximate surface area is 232 Å². The molecule has 6 rings (SSSR count). The Morgan fingerprint density at radius 3 is 2.49 bits per heavy atom. The van der Waals surface area contributed by atoms with Gasteiger partial charge in [0.25, 0.3) is 17.7 Å². The summed E-state index contributed by atoms with van der Waals surface area (Å²) in [4.78, 5) is 41.2. The van der Waals surface area contributed by atoms with Crippen LogP contribution < -0.4 is 9.64 Å². The second kappa shape index (κ2) is 10.1. The second-order valence-corrected chi connectivity index (χ2v) is 10.2. The van der Waals surface area contributed by atoms with Crippen molar-refractivity contribution in [2.45, 2.75) is 24.5 Å². The average Bonchev–Trinajstić information content (AvgIpc) is 3.65. The minimum absolute atomic E-state index is 0.256. The first-order valence-electron chi connectivity index (χ1n) is 12.3. The number of fused-ring (bicyclic) bond motifs is 1. The van der Waals surface area contributed by atoms with E-state index in [1.54, 1.807) is 31.4 Å². The molecule has 11 heteroatoms. The Morgan fingerprint density at radius 2 is 1.77 bits per heavy atom. The van der Waals surface area contributed by atoms with Crippen LogP contribution in [-0.4, -0.2) is 59.2 Å². The van der Waals surface area contributed by atoms with Crippen molar-refractivity contribution in [2.75, 3.05) is 18.6 Å². The molecule has 3 aromatic rings. The summed E-state index contributed by atoms with van der Waals surface area (Å²) in [5, 5.41) is 15.5.